The van der Waals surface area contributed by atoms with Crippen LogP contribution < -0.4 is 21.3 Å². The van der Waals surface area contributed by atoms with Gasteiger partial charge < -0.3 is 21.3 Å². The van der Waals surface area contributed by atoms with Gasteiger partial charge in [-0.1, -0.05) is 0 Å². The SMILES string of the molecule is CNC(=O)C1CCC(NC(=O)c2cnc(Nc3ccc4ncsc4c3)cc2NC2CCC2)CC1. The van der Waals surface area contributed by atoms with Gasteiger partial charge in [0.15, 0.2) is 0 Å². The van der Waals surface area contributed by atoms with Crippen LogP contribution in [0.5, 0.6) is 0 Å². The number of fused-ring (bicyclic) bond motifs is 1. The number of carbonyl (C=O) groups excluding carboxylic acids is 2. The van der Waals surface area contributed by atoms with Crippen LogP contribution in [-0.4, -0.2) is 40.9 Å². The molecule has 9 heteroatoms. The van der Waals surface area contributed by atoms with Gasteiger partial charge in [-0.2, -0.15) is 0 Å². The molecule has 178 valence electrons. The number of carbonyl (C=O) groups is 2. The lowest BCUT2D eigenvalue weighted by Gasteiger charge is -2.30. The van der Waals surface area contributed by atoms with Crippen LogP contribution in [0.1, 0.15) is 55.3 Å². The van der Waals surface area contributed by atoms with Crippen LogP contribution in [0.3, 0.4) is 0 Å². The van der Waals surface area contributed by atoms with Crippen molar-refractivity contribution in [2.24, 2.45) is 5.92 Å². The van der Waals surface area contributed by atoms with Gasteiger partial charge in [-0.25, -0.2) is 9.97 Å². The number of benzene rings is 1. The van der Waals surface area contributed by atoms with E-state index in [-0.39, 0.29) is 23.8 Å². The molecule has 0 atom stereocenters. The number of pyridine rings is 1. The van der Waals surface area contributed by atoms with Crippen LogP contribution >= 0.6 is 11.3 Å². The molecule has 2 aromatic heterocycles. The number of anilines is 3. The predicted molar refractivity (Wildman–Crippen MR) is 136 cm³/mol. The maximum Gasteiger partial charge on any atom is 0.255 e. The van der Waals surface area contributed by atoms with Crippen LogP contribution in [0.2, 0.25) is 0 Å². The molecule has 5 rings (SSSR count). The van der Waals surface area contributed by atoms with Crippen molar-refractivity contribution in [3.63, 3.8) is 0 Å². The maximum atomic E-state index is 13.2. The first-order chi connectivity index (χ1) is 16.6. The summed E-state index contributed by atoms with van der Waals surface area (Å²) in [6, 6.07) is 8.42. The van der Waals surface area contributed by atoms with E-state index in [9.17, 15) is 9.59 Å². The molecule has 2 amide bonds. The molecular formula is C25H30N6O2S. The minimum Gasteiger partial charge on any atom is -0.382 e. The number of aromatic nitrogens is 2. The van der Waals surface area contributed by atoms with Crippen LogP contribution in [-0.2, 0) is 4.79 Å². The average Bonchev–Trinajstić information content (AvgIpc) is 3.29. The van der Waals surface area contributed by atoms with Crippen molar-refractivity contribution in [2.45, 2.75) is 57.0 Å². The molecule has 2 heterocycles. The van der Waals surface area contributed by atoms with E-state index in [1.165, 1.54) is 6.42 Å². The van der Waals surface area contributed by atoms with Crippen molar-refractivity contribution >= 4 is 50.6 Å². The molecule has 8 nitrogen and oxygen atoms in total. The second-order valence-corrected chi connectivity index (χ2v) is 10.1. The van der Waals surface area contributed by atoms with Gasteiger partial charge >= 0.3 is 0 Å². The Balaban J connectivity index is 1.29. The number of amides is 2. The van der Waals surface area contributed by atoms with Crippen molar-refractivity contribution in [3.05, 3.63) is 41.5 Å². The van der Waals surface area contributed by atoms with Crippen molar-refractivity contribution in [3.8, 4) is 0 Å². The number of hydrogen-bond acceptors (Lipinski definition) is 7. The quantitative estimate of drug-likeness (QED) is 0.400. The van der Waals surface area contributed by atoms with Crippen LogP contribution in [0, 0.1) is 5.92 Å². The summed E-state index contributed by atoms with van der Waals surface area (Å²) >= 11 is 1.60. The van der Waals surface area contributed by atoms with Crippen molar-refractivity contribution in [1.82, 2.24) is 20.6 Å². The summed E-state index contributed by atoms with van der Waals surface area (Å²) < 4.78 is 1.11. The lowest BCUT2D eigenvalue weighted by atomic mass is 9.85. The van der Waals surface area contributed by atoms with E-state index in [1.54, 1.807) is 24.6 Å². The lowest BCUT2D eigenvalue weighted by Crippen LogP contribution is -2.40. The zero-order valence-electron chi connectivity index (χ0n) is 19.3. The summed E-state index contributed by atoms with van der Waals surface area (Å²) in [6.07, 6.45) is 8.28. The third kappa shape index (κ3) is 4.99. The molecule has 0 saturated heterocycles. The van der Waals surface area contributed by atoms with E-state index < -0.39 is 0 Å². The highest BCUT2D eigenvalue weighted by atomic mass is 32.1. The molecule has 2 fully saturated rings. The summed E-state index contributed by atoms with van der Waals surface area (Å²) in [4.78, 5) is 33.9. The first-order valence-electron chi connectivity index (χ1n) is 12.0. The minimum atomic E-state index is -0.115. The molecule has 0 radical (unpaired) electrons. The van der Waals surface area contributed by atoms with Crippen LogP contribution in [0.25, 0.3) is 10.2 Å². The Hall–Kier alpha value is -3.20. The Kier molecular flexibility index (Phi) is 6.62. The van der Waals surface area contributed by atoms with Gasteiger partial charge in [0.05, 0.1) is 27.0 Å². The summed E-state index contributed by atoms with van der Waals surface area (Å²) in [5.74, 6) is 0.715. The highest BCUT2D eigenvalue weighted by molar-refractivity contribution is 7.16. The number of rotatable bonds is 7. The average molecular weight is 479 g/mol. The third-order valence-electron chi connectivity index (χ3n) is 6.90. The molecule has 4 N–H and O–H groups in total. The van der Waals surface area contributed by atoms with Crippen molar-refractivity contribution in [1.29, 1.82) is 0 Å². The molecule has 2 aliphatic rings. The molecule has 2 aliphatic carbocycles. The van der Waals surface area contributed by atoms with E-state index in [4.69, 9.17) is 0 Å². The van der Waals surface area contributed by atoms with E-state index in [2.05, 4.69) is 37.3 Å². The third-order valence-corrected chi connectivity index (χ3v) is 7.69. The standard InChI is InChI=1S/C25H30N6O2S/c1-26-24(32)15-5-7-17(8-6-15)31-25(33)19-13-27-23(12-21(19)29-16-3-2-4-16)30-18-9-10-20-22(11-18)34-14-28-20/h9-17H,2-8H2,1H3,(H,26,32)(H,31,33)(H2,27,29,30). The Labute approximate surface area is 203 Å². The monoisotopic (exact) mass is 478 g/mol. The van der Waals surface area contributed by atoms with Gasteiger partial charge in [0, 0.05) is 43.0 Å². The van der Waals surface area contributed by atoms with Gasteiger partial charge in [0.2, 0.25) is 5.91 Å². The zero-order chi connectivity index (χ0) is 23.5. The van der Waals surface area contributed by atoms with Gasteiger partial charge in [0.25, 0.3) is 5.91 Å². The first-order valence-corrected chi connectivity index (χ1v) is 12.9. The Bertz CT molecular complexity index is 1180. The predicted octanol–water partition coefficient (Wildman–Crippen LogP) is 4.43. The Morgan fingerprint density at radius 3 is 2.56 bits per heavy atom. The summed E-state index contributed by atoms with van der Waals surface area (Å²) in [6.45, 7) is 0. The zero-order valence-corrected chi connectivity index (χ0v) is 20.1. The van der Waals surface area contributed by atoms with Gasteiger partial charge in [-0.05, 0) is 63.1 Å². The van der Waals surface area contributed by atoms with Crippen molar-refractivity contribution < 1.29 is 9.59 Å². The number of hydrogen-bond donors (Lipinski definition) is 4. The normalized spacial score (nSPS) is 20.4. The second kappa shape index (κ2) is 9.97. The molecule has 34 heavy (non-hydrogen) atoms. The van der Waals surface area contributed by atoms with Gasteiger partial charge in [-0.3, -0.25) is 9.59 Å². The fourth-order valence-electron chi connectivity index (χ4n) is 4.64. The van der Waals surface area contributed by atoms with Crippen LogP contribution in [0.4, 0.5) is 17.2 Å². The summed E-state index contributed by atoms with van der Waals surface area (Å²) in [7, 11) is 1.68. The van der Waals surface area contributed by atoms with Gasteiger partial charge in [-0.15, -0.1) is 11.3 Å². The topological polar surface area (TPSA) is 108 Å². The summed E-state index contributed by atoms with van der Waals surface area (Å²) in [5, 5.41) is 12.8. The molecule has 0 bridgehead atoms. The highest BCUT2D eigenvalue weighted by Gasteiger charge is 2.28. The molecule has 3 aromatic rings. The fraction of sp³-hybridized carbons (Fsp3) is 0.440. The molecule has 1 aromatic carbocycles. The van der Waals surface area contributed by atoms with E-state index in [0.717, 1.165) is 60.1 Å². The number of nitrogens with one attached hydrogen (secondary N) is 4. The number of thiazole rings is 1. The molecule has 2 saturated carbocycles. The smallest absolute Gasteiger partial charge is 0.255 e. The highest BCUT2D eigenvalue weighted by Crippen LogP contribution is 2.30. The van der Waals surface area contributed by atoms with E-state index >= 15 is 0 Å². The minimum absolute atomic E-state index is 0.0465. The Morgan fingerprint density at radius 2 is 1.82 bits per heavy atom. The van der Waals surface area contributed by atoms with Crippen LogP contribution in [0.15, 0.2) is 36.0 Å². The fourth-order valence-corrected chi connectivity index (χ4v) is 5.36. The van der Waals surface area contributed by atoms with E-state index in [0.29, 0.717) is 17.4 Å². The van der Waals surface area contributed by atoms with Crippen molar-refractivity contribution in [2.75, 3.05) is 17.7 Å². The molecule has 0 spiro atoms. The molecule has 0 unspecified atom stereocenters. The summed E-state index contributed by atoms with van der Waals surface area (Å²) in [5.41, 5.74) is 5.11. The van der Waals surface area contributed by atoms with E-state index in [1.807, 2.05) is 23.7 Å². The number of nitrogens with zero attached hydrogens (tertiary/aromatic N) is 2. The first kappa shape index (κ1) is 22.6. The van der Waals surface area contributed by atoms with Gasteiger partial charge in [0.1, 0.15) is 5.82 Å². The molecule has 0 aliphatic heterocycles. The Morgan fingerprint density at radius 1 is 1.00 bits per heavy atom. The molecular weight excluding hydrogens is 448 g/mol. The lowest BCUT2D eigenvalue weighted by molar-refractivity contribution is -0.125. The maximum absolute atomic E-state index is 13.2. The largest absolute Gasteiger partial charge is 0.382 e. The second-order valence-electron chi connectivity index (χ2n) is 9.18.